The molecule has 0 bridgehead atoms. The van der Waals surface area contributed by atoms with Crippen LogP contribution >= 0.6 is 0 Å². The fraction of sp³-hybridized carbons (Fsp3) is 0.286. The molecule has 0 atom stereocenters. The van der Waals surface area contributed by atoms with Crippen LogP contribution in [0.3, 0.4) is 0 Å². The minimum atomic E-state index is -3.89. The number of carbonyl (C=O) groups is 1. The van der Waals surface area contributed by atoms with Crippen molar-refractivity contribution in [3.63, 3.8) is 0 Å². The lowest BCUT2D eigenvalue weighted by atomic mass is 10.1. The monoisotopic (exact) mass is 414 g/mol. The van der Waals surface area contributed by atoms with E-state index < -0.39 is 15.7 Å². The van der Waals surface area contributed by atoms with Gasteiger partial charge in [0.1, 0.15) is 12.4 Å². The van der Waals surface area contributed by atoms with Crippen molar-refractivity contribution in [2.45, 2.75) is 4.90 Å². The summed E-state index contributed by atoms with van der Waals surface area (Å²) >= 11 is 0. The van der Waals surface area contributed by atoms with E-state index in [-0.39, 0.29) is 9.80 Å². The van der Waals surface area contributed by atoms with Gasteiger partial charge >= 0.3 is 0 Å². The molecule has 0 radical (unpaired) electrons. The third kappa shape index (κ3) is 3.86. The number of morpholine rings is 1. The molecule has 8 heteroatoms. The first-order valence-corrected chi connectivity index (χ1v) is 10.9. The first kappa shape index (κ1) is 19.5. The summed E-state index contributed by atoms with van der Waals surface area (Å²) in [6.45, 7) is 2.24. The zero-order chi connectivity index (χ0) is 20.3. The van der Waals surface area contributed by atoms with E-state index in [1.54, 1.807) is 18.2 Å². The average molecular weight is 414 g/mol. The van der Waals surface area contributed by atoms with Crippen LogP contribution in [-0.2, 0) is 19.4 Å². The van der Waals surface area contributed by atoms with E-state index in [2.05, 4.69) is 5.32 Å². The van der Waals surface area contributed by atoms with Crippen molar-refractivity contribution in [2.24, 2.45) is 0 Å². The zero-order valence-electron chi connectivity index (χ0n) is 15.8. The fourth-order valence-corrected chi connectivity index (χ4v) is 5.19. The van der Waals surface area contributed by atoms with E-state index in [9.17, 15) is 13.2 Å². The molecule has 0 spiro atoms. The molecule has 0 saturated carbocycles. The maximum absolute atomic E-state index is 13.1. The molecule has 1 amide bonds. The van der Waals surface area contributed by atoms with Crippen molar-refractivity contribution in [1.82, 2.24) is 10.2 Å². The van der Waals surface area contributed by atoms with Crippen LogP contribution in [0.1, 0.15) is 5.56 Å². The van der Waals surface area contributed by atoms with E-state index >= 15 is 0 Å². The molecule has 2 aromatic carbocycles. The normalized spacial score (nSPS) is 17.7. The summed E-state index contributed by atoms with van der Waals surface area (Å²) < 4.78 is 37.2. The van der Waals surface area contributed by atoms with E-state index in [1.165, 1.54) is 11.0 Å². The minimum absolute atomic E-state index is 0.156. The third-order valence-electron chi connectivity index (χ3n) is 4.85. The van der Waals surface area contributed by atoms with Gasteiger partial charge < -0.3 is 19.7 Å². The highest BCUT2D eigenvalue weighted by Gasteiger charge is 2.41. The number of amides is 1. The Labute approximate surface area is 169 Å². The van der Waals surface area contributed by atoms with Crippen molar-refractivity contribution >= 4 is 21.4 Å². The zero-order valence-corrected chi connectivity index (χ0v) is 16.7. The highest BCUT2D eigenvalue weighted by Crippen LogP contribution is 2.38. The summed E-state index contributed by atoms with van der Waals surface area (Å²) in [5, 5.41) is 3.13. The summed E-state index contributed by atoms with van der Waals surface area (Å²) in [4.78, 5) is 14.6. The number of nitrogens with one attached hydrogen (secondary N) is 1. The molecular formula is C21H22N2O5S. The molecule has 1 fully saturated rings. The molecule has 152 valence electrons. The highest BCUT2D eigenvalue weighted by molar-refractivity contribution is 7.97. The summed E-state index contributed by atoms with van der Waals surface area (Å²) in [5.74, 6) is 0.239. The fourth-order valence-electron chi connectivity index (χ4n) is 3.44. The Morgan fingerprint density at radius 1 is 1.03 bits per heavy atom. The second kappa shape index (κ2) is 8.26. The number of sulfone groups is 1. The number of fused-ring (bicyclic) bond motifs is 1. The van der Waals surface area contributed by atoms with E-state index in [0.717, 1.165) is 5.75 Å². The van der Waals surface area contributed by atoms with Crippen molar-refractivity contribution in [3.05, 3.63) is 65.1 Å². The van der Waals surface area contributed by atoms with Crippen molar-refractivity contribution in [2.75, 3.05) is 39.5 Å². The standard InChI is InChI=1S/C21H22N2O5S/c24-21(23-11-14-27-15-12-23)20-19(17-8-4-5-9-18(17)29(20,25)26)22-10-13-28-16-6-2-1-3-7-16/h1-9,22H,10-15H2. The van der Waals surface area contributed by atoms with E-state index in [1.807, 2.05) is 30.3 Å². The lowest BCUT2D eigenvalue weighted by Crippen LogP contribution is -2.42. The Kier molecular flexibility index (Phi) is 5.55. The number of hydrogen-bond acceptors (Lipinski definition) is 6. The predicted octanol–water partition coefficient (Wildman–Crippen LogP) is 1.67. The number of hydrogen-bond donors (Lipinski definition) is 1. The lowest BCUT2D eigenvalue weighted by Gasteiger charge is -2.27. The average Bonchev–Trinajstić information content (AvgIpc) is 2.99. The number of para-hydroxylation sites is 1. The van der Waals surface area contributed by atoms with Crippen molar-refractivity contribution < 1.29 is 22.7 Å². The minimum Gasteiger partial charge on any atom is -0.492 e. The predicted molar refractivity (Wildman–Crippen MR) is 108 cm³/mol. The van der Waals surface area contributed by atoms with Gasteiger partial charge in [-0.1, -0.05) is 36.4 Å². The third-order valence-corrected chi connectivity index (χ3v) is 6.70. The van der Waals surface area contributed by atoms with Crippen LogP contribution in [-0.4, -0.2) is 58.7 Å². The maximum Gasteiger partial charge on any atom is 0.268 e. The van der Waals surface area contributed by atoms with Crippen LogP contribution in [0, 0.1) is 0 Å². The van der Waals surface area contributed by atoms with Gasteiger partial charge in [-0.15, -0.1) is 0 Å². The molecule has 29 heavy (non-hydrogen) atoms. The smallest absolute Gasteiger partial charge is 0.268 e. The van der Waals surface area contributed by atoms with Gasteiger partial charge in [0, 0.05) is 25.2 Å². The largest absolute Gasteiger partial charge is 0.492 e. The quantitative estimate of drug-likeness (QED) is 0.724. The molecule has 2 aliphatic rings. The molecule has 2 heterocycles. The number of benzene rings is 2. The Morgan fingerprint density at radius 3 is 2.48 bits per heavy atom. The molecule has 2 aromatic rings. The molecule has 0 aliphatic carbocycles. The highest BCUT2D eigenvalue weighted by atomic mass is 32.2. The molecule has 1 N–H and O–H groups in total. The van der Waals surface area contributed by atoms with Gasteiger partial charge in [0.25, 0.3) is 5.91 Å². The molecule has 4 rings (SSSR count). The van der Waals surface area contributed by atoms with Gasteiger partial charge in [-0.25, -0.2) is 8.42 Å². The lowest BCUT2D eigenvalue weighted by molar-refractivity contribution is -0.130. The topological polar surface area (TPSA) is 84.9 Å². The van der Waals surface area contributed by atoms with Crippen LogP contribution in [0.25, 0.3) is 5.70 Å². The molecular weight excluding hydrogens is 392 g/mol. The maximum atomic E-state index is 13.1. The number of rotatable bonds is 6. The Hall–Kier alpha value is -2.84. The Balaban J connectivity index is 1.59. The van der Waals surface area contributed by atoms with Crippen molar-refractivity contribution in [3.8, 4) is 5.75 Å². The van der Waals surface area contributed by atoms with Gasteiger partial charge in [0.05, 0.1) is 23.8 Å². The van der Waals surface area contributed by atoms with E-state index in [0.29, 0.717) is 50.7 Å². The number of carbonyl (C=O) groups excluding carboxylic acids is 1. The Morgan fingerprint density at radius 2 is 1.72 bits per heavy atom. The van der Waals surface area contributed by atoms with Crippen LogP contribution in [0.5, 0.6) is 5.75 Å². The second-order valence-electron chi connectivity index (χ2n) is 6.70. The van der Waals surface area contributed by atoms with Gasteiger partial charge in [0.2, 0.25) is 9.84 Å². The number of ether oxygens (including phenoxy) is 2. The van der Waals surface area contributed by atoms with Crippen LogP contribution in [0.15, 0.2) is 64.4 Å². The summed E-state index contributed by atoms with van der Waals surface area (Å²) in [6, 6.07) is 16.0. The van der Waals surface area contributed by atoms with Gasteiger partial charge in [-0.05, 0) is 18.2 Å². The van der Waals surface area contributed by atoms with Gasteiger partial charge in [-0.2, -0.15) is 0 Å². The van der Waals surface area contributed by atoms with Crippen LogP contribution in [0.4, 0.5) is 0 Å². The van der Waals surface area contributed by atoms with Gasteiger partial charge in [-0.3, -0.25) is 4.79 Å². The summed E-state index contributed by atoms with van der Waals surface area (Å²) in [5.41, 5.74) is 0.859. The summed E-state index contributed by atoms with van der Waals surface area (Å²) in [7, 11) is -3.89. The first-order valence-electron chi connectivity index (χ1n) is 9.46. The summed E-state index contributed by atoms with van der Waals surface area (Å²) in [6.07, 6.45) is 0. The Bertz CT molecular complexity index is 1030. The van der Waals surface area contributed by atoms with Crippen LogP contribution < -0.4 is 10.1 Å². The van der Waals surface area contributed by atoms with Crippen molar-refractivity contribution in [1.29, 1.82) is 0 Å². The molecule has 1 saturated heterocycles. The van der Waals surface area contributed by atoms with Crippen LogP contribution in [0.2, 0.25) is 0 Å². The molecule has 0 aromatic heterocycles. The first-order chi connectivity index (χ1) is 14.1. The molecule has 2 aliphatic heterocycles. The SMILES string of the molecule is O=C(C1=C(NCCOc2ccccc2)c2ccccc2S1(=O)=O)N1CCOCC1. The molecule has 0 unspecified atom stereocenters. The second-order valence-corrected chi connectivity index (χ2v) is 8.55. The number of nitrogens with zero attached hydrogens (tertiary/aromatic N) is 1. The molecule has 7 nitrogen and oxygen atoms in total. The van der Waals surface area contributed by atoms with E-state index in [4.69, 9.17) is 9.47 Å². The van der Waals surface area contributed by atoms with Gasteiger partial charge in [0.15, 0.2) is 4.91 Å².